The third-order valence-corrected chi connectivity index (χ3v) is 4.73. The first-order valence-electron chi connectivity index (χ1n) is 7.87. The zero-order chi connectivity index (χ0) is 17.8. The van der Waals surface area contributed by atoms with Gasteiger partial charge in [0.2, 0.25) is 0 Å². The molecule has 3 aromatic rings. The Hall–Kier alpha value is -2.60. The summed E-state index contributed by atoms with van der Waals surface area (Å²) in [6.07, 6.45) is 0. The molecule has 0 fully saturated rings. The van der Waals surface area contributed by atoms with E-state index in [1.54, 1.807) is 31.4 Å². The number of aromatic nitrogens is 3. The summed E-state index contributed by atoms with van der Waals surface area (Å²) in [5, 5.41) is 9.09. The van der Waals surface area contributed by atoms with Crippen LogP contribution in [-0.4, -0.2) is 33.4 Å². The number of methoxy groups -OCH3 is 1. The molecule has 0 amide bonds. The van der Waals surface area contributed by atoms with Gasteiger partial charge in [0.15, 0.2) is 10.9 Å². The van der Waals surface area contributed by atoms with Crippen molar-refractivity contribution in [1.82, 2.24) is 14.8 Å². The number of ketones is 1. The smallest absolute Gasteiger partial charge is 0.196 e. The van der Waals surface area contributed by atoms with Crippen LogP contribution in [0.2, 0.25) is 0 Å². The number of rotatable bonds is 6. The topological polar surface area (TPSA) is 57.0 Å². The highest BCUT2D eigenvalue weighted by molar-refractivity contribution is 7.99. The summed E-state index contributed by atoms with van der Waals surface area (Å²) in [4.78, 5) is 12.4. The highest BCUT2D eigenvalue weighted by atomic mass is 32.2. The Kier molecular flexibility index (Phi) is 5.19. The summed E-state index contributed by atoms with van der Waals surface area (Å²) in [7, 11) is 1.60. The van der Waals surface area contributed by atoms with Crippen LogP contribution in [-0.2, 0) is 0 Å². The monoisotopic (exact) mass is 353 g/mol. The van der Waals surface area contributed by atoms with Crippen molar-refractivity contribution in [3.05, 3.63) is 65.5 Å². The number of Topliss-reactive ketones (excluding diaryl/α,β-unsaturated/α-hetero) is 1. The fourth-order valence-corrected chi connectivity index (χ4v) is 3.38. The molecule has 0 aliphatic carbocycles. The summed E-state index contributed by atoms with van der Waals surface area (Å²) in [6.45, 7) is 3.95. The molecule has 5 nitrogen and oxygen atoms in total. The van der Waals surface area contributed by atoms with E-state index in [2.05, 4.69) is 16.3 Å². The number of carbonyl (C=O) groups is 1. The van der Waals surface area contributed by atoms with Gasteiger partial charge in [-0.3, -0.25) is 9.36 Å². The van der Waals surface area contributed by atoms with Crippen molar-refractivity contribution in [3.63, 3.8) is 0 Å². The first kappa shape index (κ1) is 17.2. The molecule has 0 aliphatic rings. The van der Waals surface area contributed by atoms with Crippen LogP contribution in [0.3, 0.4) is 0 Å². The Labute approximate surface area is 151 Å². The minimum atomic E-state index is 0.0455. The first-order chi connectivity index (χ1) is 12.1. The van der Waals surface area contributed by atoms with E-state index in [0.29, 0.717) is 16.5 Å². The molecule has 2 aromatic carbocycles. The van der Waals surface area contributed by atoms with E-state index >= 15 is 0 Å². The number of hydrogen-bond acceptors (Lipinski definition) is 5. The quantitative estimate of drug-likeness (QED) is 0.497. The van der Waals surface area contributed by atoms with E-state index in [4.69, 9.17) is 4.74 Å². The average Bonchev–Trinajstić information content (AvgIpc) is 3.00. The first-order valence-corrected chi connectivity index (χ1v) is 8.86. The lowest BCUT2D eigenvalue weighted by Crippen LogP contribution is -2.05. The van der Waals surface area contributed by atoms with Crippen molar-refractivity contribution in [2.24, 2.45) is 0 Å². The van der Waals surface area contributed by atoms with Crippen molar-refractivity contribution in [1.29, 1.82) is 0 Å². The maximum absolute atomic E-state index is 12.4. The number of thioether (sulfide) groups is 1. The molecule has 0 saturated carbocycles. The van der Waals surface area contributed by atoms with E-state index in [-0.39, 0.29) is 5.78 Å². The van der Waals surface area contributed by atoms with Gasteiger partial charge < -0.3 is 4.74 Å². The molecule has 1 aromatic heterocycles. The second-order valence-corrected chi connectivity index (χ2v) is 6.59. The average molecular weight is 353 g/mol. The molecule has 25 heavy (non-hydrogen) atoms. The second kappa shape index (κ2) is 7.53. The Bertz CT molecular complexity index is 888. The third-order valence-electron chi connectivity index (χ3n) is 3.80. The van der Waals surface area contributed by atoms with Gasteiger partial charge in [0.05, 0.1) is 12.9 Å². The summed E-state index contributed by atoms with van der Waals surface area (Å²) in [6, 6.07) is 15.3. The largest absolute Gasteiger partial charge is 0.497 e. The van der Waals surface area contributed by atoms with Crippen LogP contribution in [0.25, 0.3) is 5.69 Å². The molecule has 0 spiro atoms. The molecule has 0 bridgehead atoms. The van der Waals surface area contributed by atoms with Gasteiger partial charge in [0.25, 0.3) is 0 Å². The summed E-state index contributed by atoms with van der Waals surface area (Å²) in [5.41, 5.74) is 2.82. The SMILES string of the molecule is COc1ccc(C(=O)CSc2nnc(C)n2-c2cccc(C)c2)cc1. The lowest BCUT2D eigenvalue weighted by atomic mass is 10.1. The van der Waals surface area contributed by atoms with Crippen molar-refractivity contribution in [2.45, 2.75) is 19.0 Å². The Balaban J connectivity index is 1.76. The lowest BCUT2D eigenvalue weighted by Gasteiger charge is -2.09. The van der Waals surface area contributed by atoms with Crippen LogP contribution in [0.5, 0.6) is 5.75 Å². The van der Waals surface area contributed by atoms with Crippen LogP contribution in [0.15, 0.2) is 53.7 Å². The van der Waals surface area contributed by atoms with Gasteiger partial charge in [-0.05, 0) is 55.8 Å². The van der Waals surface area contributed by atoms with Gasteiger partial charge in [-0.2, -0.15) is 0 Å². The molecular weight excluding hydrogens is 334 g/mol. The maximum atomic E-state index is 12.4. The molecule has 0 unspecified atom stereocenters. The molecule has 128 valence electrons. The highest BCUT2D eigenvalue weighted by Gasteiger charge is 2.14. The normalized spacial score (nSPS) is 10.7. The van der Waals surface area contributed by atoms with Gasteiger partial charge in [-0.15, -0.1) is 10.2 Å². The van der Waals surface area contributed by atoms with Crippen molar-refractivity contribution < 1.29 is 9.53 Å². The molecule has 0 aliphatic heterocycles. The molecule has 0 atom stereocenters. The Morgan fingerprint density at radius 2 is 1.88 bits per heavy atom. The molecule has 1 heterocycles. The molecule has 6 heteroatoms. The van der Waals surface area contributed by atoms with E-state index in [1.165, 1.54) is 11.8 Å². The van der Waals surface area contributed by atoms with Crippen molar-refractivity contribution in [3.8, 4) is 11.4 Å². The van der Waals surface area contributed by atoms with Crippen molar-refractivity contribution >= 4 is 17.5 Å². The van der Waals surface area contributed by atoms with Gasteiger partial charge >= 0.3 is 0 Å². The number of ether oxygens (including phenoxy) is 1. The summed E-state index contributed by atoms with van der Waals surface area (Å²) in [5.74, 6) is 1.88. The minimum absolute atomic E-state index is 0.0455. The number of carbonyl (C=O) groups excluding carboxylic acids is 1. The Morgan fingerprint density at radius 3 is 2.56 bits per heavy atom. The number of nitrogens with zero attached hydrogens (tertiary/aromatic N) is 3. The Morgan fingerprint density at radius 1 is 1.12 bits per heavy atom. The highest BCUT2D eigenvalue weighted by Crippen LogP contribution is 2.23. The van der Waals surface area contributed by atoms with Gasteiger partial charge in [0.1, 0.15) is 11.6 Å². The number of benzene rings is 2. The van der Waals surface area contributed by atoms with Crippen LogP contribution in [0.1, 0.15) is 21.7 Å². The maximum Gasteiger partial charge on any atom is 0.196 e. The fourth-order valence-electron chi connectivity index (χ4n) is 2.49. The predicted octanol–water partition coefficient (Wildman–Crippen LogP) is 3.87. The van der Waals surface area contributed by atoms with Crippen molar-refractivity contribution in [2.75, 3.05) is 12.9 Å². The standard InChI is InChI=1S/C19H19N3O2S/c1-13-5-4-6-16(11-13)22-14(2)20-21-19(22)25-12-18(23)15-7-9-17(24-3)10-8-15/h4-11H,12H2,1-3H3. The molecule has 0 radical (unpaired) electrons. The molecule has 0 saturated heterocycles. The summed E-state index contributed by atoms with van der Waals surface area (Å²) >= 11 is 1.39. The summed E-state index contributed by atoms with van der Waals surface area (Å²) < 4.78 is 7.09. The lowest BCUT2D eigenvalue weighted by molar-refractivity contribution is 0.102. The van der Waals surface area contributed by atoms with Crippen LogP contribution < -0.4 is 4.74 Å². The van der Waals surface area contributed by atoms with E-state index in [1.807, 2.05) is 36.6 Å². The van der Waals surface area contributed by atoms with Crippen LogP contribution >= 0.6 is 11.8 Å². The van der Waals surface area contributed by atoms with E-state index in [0.717, 1.165) is 22.8 Å². The fraction of sp³-hybridized carbons (Fsp3) is 0.211. The molecule has 0 N–H and O–H groups in total. The van der Waals surface area contributed by atoms with Crippen LogP contribution in [0, 0.1) is 13.8 Å². The van der Waals surface area contributed by atoms with Gasteiger partial charge in [-0.1, -0.05) is 23.9 Å². The van der Waals surface area contributed by atoms with Gasteiger partial charge in [-0.25, -0.2) is 0 Å². The molecular formula is C19H19N3O2S. The zero-order valence-electron chi connectivity index (χ0n) is 14.4. The number of aryl methyl sites for hydroxylation is 2. The third kappa shape index (κ3) is 3.91. The zero-order valence-corrected chi connectivity index (χ0v) is 15.2. The molecule has 3 rings (SSSR count). The van der Waals surface area contributed by atoms with E-state index < -0.39 is 0 Å². The number of hydrogen-bond donors (Lipinski definition) is 0. The van der Waals surface area contributed by atoms with Gasteiger partial charge in [0, 0.05) is 11.3 Å². The predicted molar refractivity (Wildman–Crippen MR) is 98.9 cm³/mol. The second-order valence-electron chi connectivity index (χ2n) is 5.64. The van der Waals surface area contributed by atoms with Crippen LogP contribution in [0.4, 0.5) is 0 Å². The minimum Gasteiger partial charge on any atom is -0.497 e. The van der Waals surface area contributed by atoms with E-state index in [9.17, 15) is 4.79 Å².